The fourth-order valence-corrected chi connectivity index (χ4v) is 4.95. The van der Waals surface area contributed by atoms with Gasteiger partial charge in [0.1, 0.15) is 0 Å². The summed E-state index contributed by atoms with van der Waals surface area (Å²) in [5, 5.41) is 8.77. The molecule has 0 bridgehead atoms. The summed E-state index contributed by atoms with van der Waals surface area (Å²) in [5.41, 5.74) is 0. The van der Waals surface area contributed by atoms with Crippen molar-refractivity contribution in [2.24, 2.45) is 0 Å². The largest absolute Gasteiger partial charge is 0.396 e. The Morgan fingerprint density at radius 1 is 0.303 bits per heavy atom. The van der Waals surface area contributed by atoms with Crippen molar-refractivity contribution in [1.29, 1.82) is 0 Å². The van der Waals surface area contributed by atoms with E-state index in [0.29, 0.717) is 6.61 Å². The van der Waals surface area contributed by atoms with E-state index >= 15 is 0 Å². The van der Waals surface area contributed by atoms with Gasteiger partial charge in [-0.2, -0.15) is 0 Å². The van der Waals surface area contributed by atoms with Crippen LogP contribution < -0.4 is 0 Å². The van der Waals surface area contributed by atoms with Crippen LogP contribution in [0.5, 0.6) is 0 Å². The Hall–Kier alpha value is -0.0800. The highest BCUT2D eigenvalue weighted by atomic mass is 16.5. The molecule has 0 atom stereocenters. The second-order valence-electron chi connectivity index (χ2n) is 10.6. The average Bonchev–Trinajstić information content (AvgIpc) is 2.83. The Balaban J connectivity index is 2.99. The van der Waals surface area contributed by atoms with E-state index < -0.39 is 0 Å². The summed E-state index contributed by atoms with van der Waals surface area (Å²) in [6.07, 6.45) is 39.5. The third-order valence-corrected chi connectivity index (χ3v) is 7.26. The molecule has 0 aliphatic carbocycles. The smallest absolute Gasteiger partial charge is 0.0462 e. The number of ether oxygens (including phenoxy) is 1. The minimum Gasteiger partial charge on any atom is -0.396 e. The summed E-state index contributed by atoms with van der Waals surface area (Å²) in [6.45, 7) is 1.31. The zero-order valence-corrected chi connectivity index (χ0v) is 23.1. The van der Waals surface area contributed by atoms with Crippen molar-refractivity contribution >= 4 is 0 Å². The molecule has 0 unspecified atom stereocenters. The van der Waals surface area contributed by atoms with E-state index in [9.17, 15) is 0 Å². The molecule has 0 aromatic rings. The minimum atomic E-state index is 0.372. The highest BCUT2D eigenvalue weighted by molar-refractivity contribution is 4.52. The first-order valence-electron chi connectivity index (χ1n) is 15.5. The van der Waals surface area contributed by atoms with Gasteiger partial charge in [0.05, 0.1) is 0 Å². The van der Waals surface area contributed by atoms with Crippen LogP contribution >= 0.6 is 0 Å². The maximum absolute atomic E-state index is 8.77. The van der Waals surface area contributed by atoms with Crippen LogP contribution in [-0.4, -0.2) is 25.4 Å². The zero-order valence-electron chi connectivity index (χ0n) is 23.1. The van der Waals surface area contributed by atoms with Gasteiger partial charge in [-0.25, -0.2) is 0 Å². The van der Waals surface area contributed by atoms with Crippen LogP contribution in [0.1, 0.15) is 180 Å². The normalized spacial score (nSPS) is 11.5. The highest BCUT2D eigenvalue weighted by Crippen LogP contribution is 2.16. The first-order chi connectivity index (χ1) is 16.4. The summed E-state index contributed by atoms with van der Waals surface area (Å²) in [6, 6.07) is 0. The molecule has 0 aliphatic rings. The van der Waals surface area contributed by atoms with Crippen LogP contribution in [0.15, 0.2) is 0 Å². The average molecular weight is 469 g/mol. The molecule has 0 aliphatic heterocycles. The molecule has 0 amide bonds. The van der Waals surface area contributed by atoms with Crippen molar-refractivity contribution in [3.05, 3.63) is 0 Å². The highest BCUT2D eigenvalue weighted by Gasteiger charge is 1.96. The van der Waals surface area contributed by atoms with Crippen molar-refractivity contribution in [3.63, 3.8) is 0 Å². The molecule has 0 rings (SSSR count). The molecule has 0 saturated heterocycles. The molecule has 0 aromatic carbocycles. The fraction of sp³-hybridized carbons (Fsp3) is 1.00. The van der Waals surface area contributed by atoms with Crippen LogP contribution in [0.25, 0.3) is 0 Å². The molecule has 2 nitrogen and oxygen atoms in total. The van der Waals surface area contributed by atoms with Crippen molar-refractivity contribution in [2.45, 2.75) is 180 Å². The van der Waals surface area contributed by atoms with Gasteiger partial charge < -0.3 is 9.84 Å². The molecule has 1 N–H and O–H groups in total. The predicted molar refractivity (Wildman–Crippen MR) is 148 cm³/mol. The van der Waals surface area contributed by atoms with E-state index in [4.69, 9.17) is 9.84 Å². The first kappa shape index (κ1) is 32.9. The van der Waals surface area contributed by atoms with Gasteiger partial charge in [0.25, 0.3) is 0 Å². The molecule has 2 heteroatoms. The minimum absolute atomic E-state index is 0.372. The fourth-order valence-electron chi connectivity index (χ4n) is 4.95. The molecule has 200 valence electrons. The Bertz CT molecular complexity index is 288. The topological polar surface area (TPSA) is 29.5 Å². The molecule has 0 fully saturated rings. The van der Waals surface area contributed by atoms with E-state index in [1.165, 1.54) is 173 Å². The van der Waals surface area contributed by atoms with Crippen molar-refractivity contribution < 1.29 is 9.84 Å². The zero-order chi connectivity index (χ0) is 23.9. The van der Waals surface area contributed by atoms with Gasteiger partial charge in [-0.3, -0.25) is 0 Å². The quantitative estimate of drug-likeness (QED) is 0.106. The van der Waals surface area contributed by atoms with Crippen LogP contribution in [0.4, 0.5) is 0 Å². The number of rotatable bonds is 30. The number of aliphatic hydroxyl groups is 1. The van der Waals surface area contributed by atoms with Crippen LogP contribution in [0, 0.1) is 0 Å². The first-order valence-corrected chi connectivity index (χ1v) is 15.5. The number of aliphatic hydroxyl groups excluding tert-OH is 1. The second-order valence-corrected chi connectivity index (χ2v) is 10.6. The number of unbranched alkanes of at least 4 members (excludes halogenated alkanes) is 27. The third kappa shape index (κ3) is 31.9. The summed E-state index contributed by atoms with van der Waals surface area (Å²) < 4.78 is 5.10. The lowest BCUT2D eigenvalue weighted by Gasteiger charge is -2.04. The Kier molecular flexibility index (Phi) is 31.8. The lowest BCUT2D eigenvalue weighted by molar-refractivity contribution is 0.192. The lowest BCUT2D eigenvalue weighted by atomic mass is 10.0. The molecule has 0 spiro atoms. The summed E-state index contributed by atoms with van der Waals surface area (Å²) in [7, 11) is 1.80. The predicted octanol–water partition coefficient (Wildman–Crippen LogP) is 10.5. The van der Waals surface area contributed by atoms with Gasteiger partial charge in [0.15, 0.2) is 0 Å². The van der Waals surface area contributed by atoms with Gasteiger partial charge in [-0.05, 0) is 12.8 Å². The van der Waals surface area contributed by atoms with Gasteiger partial charge in [-0.1, -0.05) is 167 Å². The molecule has 0 heterocycles. The monoisotopic (exact) mass is 468 g/mol. The van der Waals surface area contributed by atoms with Crippen molar-refractivity contribution in [1.82, 2.24) is 0 Å². The Labute approximate surface area is 210 Å². The second kappa shape index (κ2) is 31.9. The molecule has 33 heavy (non-hydrogen) atoms. The number of hydrogen-bond donors (Lipinski definition) is 1. The maximum Gasteiger partial charge on any atom is 0.0462 e. The molecule has 0 radical (unpaired) electrons. The van der Waals surface area contributed by atoms with Crippen molar-refractivity contribution in [2.75, 3.05) is 20.3 Å². The number of hydrogen-bond acceptors (Lipinski definition) is 2. The van der Waals surface area contributed by atoms with Crippen LogP contribution in [-0.2, 0) is 4.74 Å². The maximum atomic E-state index is 8.77. The van der Waals surface area contributed by atoms with Gasteiger partial charge in [-0.15, -0.1) is 0 Å². The lowest BCUT2D eigenvalue weighted by Crippen LogP contribution is -1.88. The molecular weight excluding hydrogens is 404 g/mol. The van der Waals surface area contributed by atoms with E-state index in [1.807, 2.05) is 0 Å². The Morgan fingerprint density at radius 3 is 0.667 bits per heavy atom. The van der Waals surface area contributed by atoms with E-state index in [0.717, 1.165) is 13.0 Å². The van der Waals surface area contributed by atoms with E-state index in [1.54, 1.807) is 7.11 Å². The summed E-state index contributed by atoms with van der Waals surface area (Å²) >= 11 is 0. The molecular formula is C31H64O2. The van der Waals surface area contributed by atoms with Crippen LogP contribution in [0.3, 0.4) is 0 Å². The summed E-state index contributed by atoms with van der Waals surface area (Å²) in [5.74, 6) is 0. The molecule has 0 saturated carbocycles. The van der Waals surface area contributed by atoms with Crippen LogP contribution in [0.2, 0.25) is 0 Å². The summed E-state index contributed by atoms with van der Waals surface area (Å²) in [4.78, 5) is 0. The number of methoxy groups -OCH3 is 1. The molecule has 0 aromatic heterocycles. The van der Waals surface area contributed by atoms with E-state index in [-0.39, 0.29) is 0 Å². The Morgan fingerprint density at radius 2 is 0.485 bits per heavy atom. The third-order valence-electron chi connectivity index (χ3n) is 7.26. The van der Waals surface area contributed by atoms with Gasteiger partial charge in [0, 0.05) is 20.3 Å². The van der Waals surface area contributed by atoms with Gasteiger partial charge in [0.2, 0.25) is 0 Å². The SMILES string of the molecule is COCCCCCCCCCCCCCCCCCCCCCCCCCCCCCCO. The van der Waals surface area contributed by atoms with E-state index in [2.05, 4.69) is 0 Å². The standard InChI is InChI=1S/C31H64O2/c1-33-31-29-27-25-23-21-19-17-15-13-11-9-7-5-3-2-4-6-8-10-12-14-16-18-20-22-24-26-28-30-32/h32H,2-31H2,1H3. The van der Waals surface area contributed by atoms with Crippen molar-refractivity contribution in [3.8, 4) is 0 Å². The van der Waals surface area contributed by atoms with Gasteiger partial charge >= 0.3 is 0 Å².